The van der Waals surface area contributed by atoms with Gasteiger partial charge in [-0.1, -0.05) is 17.7 Å². The lowest BCUT2D eigenvalue weighted by molar-refractivity contribution is 0.446. The third kappa shape index (κ3) is 3.26. The van der Waals surface area contributed by atoms with Crippen molar-refractivity contribution in [1.29, 1.82) is 0 Å². The fourth-order valence-corrected chi connectivity index (χ4v) is 3.50. The maximum Gasteiger partial charge on any atom is 0.194 e. The van der Waals surface area contributed by atoms with E-state index in [0.29, 0.717) is 5.56 Å². The Bertz CT molecular complexity index is 320. The van der Waals surface area contributed by atoms with E-state index in [1.165, 1.54) is 22.6 Å². The van der Waals surface area contributed by atoms with Crippen molar-refractivity contribution in [2.24, 2.45) is 0 Å². The molecule has 1 aromatic rings. The molecule has 15 heavy (non-hydrogen) atoms. The van der Waals surface area contributed by atoms with Gasteiger partial charge in [0, 0.05) is 0 Å². The van der Waals surface area contributed by atoms with Gasteiger partial charge in [-0.2, -0.15) is 0 Å². The smallest absolute Gasteiger partial charge is 0.194 e. The van der Waals surface area contributed by atoms with Gasteiger partial charge in [0.25, 0.3) is 0 Å². The Morgan fingerprint density at radius 2 is 1.80 bits per heavy atom. The van der Waals surface area contributed by atoms with E-state index in [1.54, 1.807) is 0 Å². The monoisotopic (exact) mass is 270 g/mol. The Labute approximate surface area is 99.8 Å². The van der Waals surface area contributed by atoms with E-state index < -0.39 is 17.5 Å². The van der Waals surface area contributed by atoms with Gasteiger partial charge in [-0.05, 0) is 23.4 Å². The second kappa shape index (κ2) is 5.96. The number of halogens is 3. The maximum absolute atomic E-state index is 12.9. The molecule has 0 aliphatic heterocycles. The minimum atomic E-state index is -1.43. The summed E-state index contributed by atoms with van der Waals surface area (Å²) in [5.41, 5.74) is 0.401. The first kappa shape index (κ1) is 13.1. The molecule has 1 atom stereocenters. The molecule has 0 aliphatic rings. The van der Waals surface area contributed by atoms with Gasteiger partial charge in [0.15, 0.2) is 17.5 Å². The number of hydrogen-bond donors (Lipinski definition) is 1. The summed E-state index contributed by atoms with van der Waals surface area (Å²) in [6, 6.07) is 2.02. The zero-order valence-electron chi connectivity index (χ0n) is 7.84. The van der Waals surface area contributed by atoms with Crippen LogP contribution >= 0.6 is 34.2 Å². The van der Waals surface area contributed by atoms with Crippen molar-refractivity contribution >= 4 is 34.2 Å². The van der Waals surface area contributed by atoms with Crippen LogP contribution in [-0.2, 0) is 0 Å². The fourth-order valence-electron chi connectivity index (χ4n) is 1.05. The molecule has 0 bridgehead atoms. The highest BCUT2D eigenvalue weighted by atomic mass is 33.1. The van der Waals surface area contributed by atoms with E-state index in [0.717, 1.165) is 17.9 Å². The molecule has 1 aromatic carbocycles. The lowest BCUT2D eigenvalue weighted by Crippen LogP contribution is -1.96. The molecule has 0 radical (unpaired) electrons. The molecule has 0 amide bonds. The van der Waals surface area contributed by atoms with Crippen LogP contribution in [0.15, 0.2) is 12.1 Å². The average Bonchev–Trinajstić information content (AvgIpc) is 2.22. The van der Waals surface area contributed by atoms with E-state index in [1.807, 2.05) is 6.92 Å². The van der Waals surface area contributed by atoms with Crippen molar-refractivity contribution in [2.45, 2.75) is 11.5 Å². The van der Waals surface area contributed by atoms with E-state index in [-0.39, 0.29) is 4.58 Å². The summed E-state index contributed by atoms with van der Waals surface area (Å²) < 4.78 is 38.3. The van der Waals surface area contributed by atoms with E-state index >= 15 is 0 Å². The van der Waals surface area contributed by atoms with E-state index in [9.17, 15) is 13.2 Å². The summed E-state index contributed by atoms with van der Waals surface area (Å²) >= 11 is 5.50. The van der Waals surface area contributed by atoms with Gasteiger partial charge in [-0.3, -0.25) is 0 Å². The van der Waals surface area contributed by atoms with E-state index in [4.69, 9.17) is 0 Å². The molecule has 0 aliphatic carbocycles. The number of rotatable bonds is 4. The van der Waals surface area contributed by atoms with Crippen molar-refractivity contribution in [3.63, 3.8) is 0 Å². The Morgan fingerprint density at radius 3 is 2.20 bits per heavy atom. The summed E-state index contributed by atoms with van der Waals surface area (Å²) in [6.45, 7) is 1.93. The number of thioether (sulfide) groups is 1. The first-order valence-electron chi connectivity index (χ1n) is 4.16. The van der Waals surface area contributed by atoms with Crippen molar-refractivity contribution in [3.05, 3.63) is 35.1 Å². The van der Waals surface area contributed by atoms with Crippen molar-refractivity contribution in [3.8, 4) is 0 Å². The maximum atomic E-state index is 12.9. The van der Waals surface area contributed by atoms with Gasteiger partial charge in [0.05, 0.1) is 4.58 Å². The van der Waals surface area contributed by atoms with Crippen LogP contribution in [0.1, 0.15) is 17.1 Å². The van der Waals surface area contributed by atoms with E-state index in [2.05, 4.69) is 11.7 Å². The summed E-state index contributed by atoms with van der Waals surface area (Å²) in [5.74, 6) is -2.95. The second-order valence-corrected chi connectivity index (χ2v) is 5.69. The molecule has 0 saturated carbocycles. The molecule has 1 unspecified atom stereocenters. The SMILES string of the molecule is CCSC(SS)c1cc(F)c(F)c(F)c1. The number of thiol groups is 1. The molecular formula is C9H9F3S3. The molecule has 1 rings (SSSR count). The Kier molecular flexibility index (Phi) is 5.22. The van der Waals surface area contributed by atoms with Crippen molar-refractivity contribution < 1.29 is 13.2 Å². The third-order valence-corrected chi connectivity index (χ3v) is 4.82. The normalized spacial score (nSPS) is 12.9. The molecule has 0 fully saturated rings. The number of benzene rings is 1. The first-order valence-corrected chi connectivity index (χ1v) is 7.14. The molecular weight excluding hydrogens is 261 g/mol. The molecule has 84 valence electrons. The molecule has 0 heterocycles. The van der Waals surface area contributed by atoms with Crippen LogP contribution in [0.3, 0.4) is 0 Å². The Balaban J connectivity index is 3.03. The van der Waals surface area contributed by atoms with Crippen molar-refractivity contribution in [2.75, 3.05) is 5.75 Å². The lowest BCUT2D eigenvalue weighted by atomic mass is 10.2. The van der Waals surface area contributed by atoms with Gasteiger partial charge in [-0.15, -0.1) is 23.4 Å². The molecule has 0 spiro atoms. The minimum Gasteiger partial charge on any atom is -0.204 e. The molecule has 6 heteroatoms. The average molecular weight is 270 g/mol. The predicted octanol–water partition coefficient (Wildman–Crippen LogP) is 4.43. The predicted molar refractivity (Wildman–Crippen MR) is 63.8 cm³/mol. The highest BCUT2D eigenvalue weighted by Gasteiger charge is 2.16. The number of hydrogen-bond acceptors (Lipinski definition) is 3. The van der Waals surface area contributed by atoms with Crippen LogP contribution in [0, 0.1) is 17.5 Å². The summed E-state index contributed by atoms with van der Waals surface area (Å²) in [5, 5.41) is 0. The van der Waals surface area contributed by atoms with Gasteiger partial charge >= 0.3 is 0 Å². The van der Waals surface area contributed by atoms with Crippen LogP contribution in [0.2, 0.25) is 0 Å². The van der Waals surface area contributed by atoms with Crippen LogP contribution in [0.25, 0.3) is 0 Å². The van der Waals surface area contributed by atoms with Gasteiger partial charge < -0.3 is 0 Å². The summed E-state index contributed by atoms with van der Waals surface area (Å²) in [7, 11) is 1.17. The topological polar surface area (TPSA) is 0 Å². The minimum absolute atomic E-state index is 0.192. The summed E-state index contributed by atoms with van der Waals surface area (Å²) in [6.07, 6.45) is 0. The molecule has 0 N–H and O–H groups in total. The fraction of sp³-hybridized carbons (Fsp3) is 0.333. The second-order valence-electron chi connectivity index (χ2n) is 2.69. The highest BCUT2D eigenvalue weighted by molar-refractivity contribution is 8.70. The zero-order chi connectivity index (χ0) is 11.4. The lowest BCUT2D eigenvalue weighted by Gasteiger charge is -2.12. The summed E-state index contributed by atoms with van der Waals surface area (Å²) in [4.78, 5) is 0. The quantitative estimate of drug-likeness (QED) is 0.372. The van der Waals surface area contributed by atoms with Crippen LogP contribution in [0.5, 0.6) is 0 Å². The van der Waals surface area contributed by atoms with Gasteiger partial charge in [0.2, 0.25) is 0 Å². The third-order valence-electron chi connectivity index (χ3n) is 1.69. The first-order chi connectivity index (χ1) is 7.10. The molecule has 0 saturated heterocycles. The highest BCUT2D eigenvalue weighted by Crippen LogP contribution is 2.41. The van der Waals surface area contributed by atoms with Gasteiger partial charge in [0.1, 0.15) is 0 Å². The zero-order valence-corrected chi connectivity index (χ0v) is 10.4. The molecule has 0 nitrogen and oxygen atoms in total. The molecule has 0 aromatic heterocycles. The van der Waals surface area contributed by atoms with Crippen LogP contribution < -0.4 is 0 Å². The Hall–Kier alpha value is 0.0600. The van der Waals surface area contributed by atoms with Crippen molar-refractivity contribution in [1.82, 2.24) is 0 Å². The largest absolute Gasteiger partial charge is 0.204 e. The van der Waals surface area contributed by atoms with Gasteiger partial charge in [-0.25, -0.2) is 13.2 Å². The standard InChI is InChI=1S/C9H9F3S3/c1-2-14-9(15-13)5-3-6(10)8(12)7(11)4-5/h3-4,9,13H,2H2,1H3. The Morgan fingerprint density at radius 1 is 1.27 bits per heavy atom. The van der Waals surface area contributed by atoms with Crippen LogP contribution in [0.4, 0.5) is 13.2 Å². The van der Waals surface area contributed by atoms with Crippen LogP contribution in [-0.4, -0.2) is 5.75 Å².